The molecule has 0 radical (unpaired) electrons. The van der Waals surface area contributed by atoms with Crippen molar-refractivity contribution in [3.8, 4) is 0 Å². The average molecular weight is 280 g/mol. The minimum Gasteiger partial charge on any atom is -0.262 e. The summed E-state index contributed by atoms with van der Waals surface area (Å²) in [6.07, 6.45) is 6.46. The lowest BCUT2D eigenvalue weighted by atomic mass is 9.66. The second kappa shape index (κ2) is 4.60. The van der Waals surface area contributed by atoms with Gasteiger partial charge in [0, 0.05) is 0 Å². The molecule has 0 aromatic heterocycles. The van der Waals surface area contributed by atoms with Gasteiger partial charge in [0.1, 0.15) is 0 Å². The highest BCUT2D eigenvalue weighted by Crippen LogP contribution is 2.54. The number of benzene rings is 1. The van der Waals surface area contributed by atoms with Gasteiger partial charge in [-0.2, -0.15) is 8.42 Å². The lowest BCUT2D eigenvalue weighted by Gasteiger charge is -2.42. The molecule has 2 fully saturated rings. The fourth-order valence-electron chi connectivity index (χ4n) is 3.37. The minimum atomic E-state index is -3.61. The first kappa shape index (κ1) is 13.1. The molecule has 1 atom stereocenters. The van der Waals surface area contributed by atoms with Crippen molar-refractivity contribution in [1.82, 2.24) is 0 Å². The summed E-state index contributed by atoms with van der Waals surface area (Å²) in [5, 5.41) is 0. The van der Waals surface area contributed by atoms with Gasteiger partial charge in [0.2, 0.25) is 0 Å². The van der Waals surface area contributed by atoms with Crippen LogP contribution in [-0.2, 0) is 14.3 Å². The van der Waals surface area contributed by atoms with Crippen LogP contribution >= 0.6 is 0 Å². The molecular weight excluding hydrogens is 260 g/mol. The standard InChI is InChI=1S/C15H20O3S/c1-12-5-7-13(8-6-12)19(16,17)18-14-4-2-9-15(14)10-3-11-15/h5-8,14H,2-4,9-11H2,1H3. The summed E-state index contributed by atoms with van der Waals surface area (Å²) < 4.78 is 30.2. The number of hydrogen-bond donors (Lipinski definition) is 0. The fourth-order valence-corrected chi connectivity index (χ4v) is 4.56. The van der Waals surface area contributed by atoms with Crippen molar-refractivity contribution in [2.45, 2.75) is 56.4 Å². The Morgan fingerprint density at radius 2 is 1.74 bits per heavy atom. The first-order chi connectivity index (χ1) is 9.02. The maximum absolute atomic E-state index is 12.3. The maximum atomic E-state index is 12.3. The highest BCUT2D eigenvalue weighted by molar-refractivity contribution is 7.86. The molecule has 2 saturated carbocycles. The molecule has 4 heteroatoms. The van der Waals surface area contributed by atoms with Gasteiger partial charge in [0.05, 0.1) is 11.0 Å². The van der Waals surface area contributed by atoms with E-state index < -0.39 is 10.1 Å². The van der Waals surface area contributed by atoms with E-state index in [9.17, 15) is 8.42 Å². The Labute approximate surface area is 115 Å². The maximum Gasteiger partial charge on any atom is 0.297 e. The molecule has 1 spiro atoms. The Balaban J connectivity index is 1.80. The highest BCUT2D eigenvalue weighted by Gasteiger charge is 2.49. The van der Waals surface area contributed by atoms with E-state index in [1.165, 1.54) is 6.42 Å². The van der Waals surface area contributed by atoms with Gasteiger partial charge >= 0.3 is 0 Å². The van der Waals surface area contributed by atoms with Crippen molar-refractivity contribution >= 4 is 10.1 Å². The monoisotopic (exact) mass is 280 g/mol. The van der Waals surface area contributed by atoms with E-state index in [1.54, 1.807) is 12.1 Å². The molecule has 1 aromatic carbocycles. The highest BCUT2D eigenvalue weighted by atomic mass is 32.2. The second-order valence-electron chi connectivity index (χ2n) is 5.96. The van der Waals surface area contributed by atoms with Gasteiger partial charge < -0.3 is 0 Å². The average Bonchev–Trinajstić information content (AvgIpc) is 2.72. The Kier molecular flexibility index (Phi) is 3.18. The molecule has 0 bridgehead atoms. The molecule has 0 aliphatic heterocycles. The molecule has 1 aromatic rings. The summed E-state index contributed by atoms with van der Waals surface area (Å²) in [4.78, 5) is 0.277. The summed E-state index contributed by atoms with van der Waals surface area (Å²) in [6.45, 7) is 1.94. The van der Waals surface area contributed by atoms with Crippen molar-refractivity contribution < 1.29 is 12.6 Å². The number of hydrogen-bond acceptors (Lipinski definition) is 3. The zero-order chi connectivity index (χ0) is 13.5. The third kappa shape index (κ3) is 2.32. The Bertz CT molecular complexity index is 556. The molecule has 0 heterocycles. The van der Waals surface area contributed by atoms with E-state index in [0.29, 0.717) is 0 Å². The van der Waals surface area contributed by atoms with Gasteiger partial charge in [-0.1, -0.05) is 30.5 Å². The van der Waals surface area contributed by atoms with E-state index in [2.05, 4.69) is 0 Å². The van der Waals surface area contributed by atoms with Gasteiger partial charge in [0.25, 0.3) is 10.1 Å². The van der Waals surface area contributed by atoms with Crippen LogP contribution in [0.1, 0.15) is 44.1 Å². The topological polar surface area (TPSA) is 43.4 Å². The summed E-state index contributed by atoms with van der Waals surface area (Å²) in [6, 6.07) is 6.88. The molecule has 0 saturated heterocycles. The predicted octanol–water partition coefficient (Wildman–Crippen LogP) is 3.42. The fraction of sp³-hybridized carbons (Fsp3) is 0.600. The molecule has 2 aliphatic carbocycles. The van der Waals surface area contributed by atoms with Gasteiger partial charge in [-0.15, -0.1) is 0 Å². The summed E-state index contributed by atoms with van der Waals surface area (Å²) >= 11 is 0. The first-order valence-electron chi connectivity index (χ1n) is 7.02. The van der Waals surface area contributed by atoms with Crippen molar-refractivity contribution in [2.24, 2.45) is 5.41 Å². The van der Waals surface area contributed by atoms with E-state index in [1.807, 2.05) is 19.1 Å². The van der Waals surface area contributed by atoms with Crippen LogP contribution in [0, 0.1) is 12.3 Å². The minimum absolute atomic E-state index is 0.104. The van der Waals surface area contributed by atoms with Crippen molar-refractivity contribution in [1.29, 1.82) is 0 Å². The van der Waals surface area contributed by atoms with Crippen LogP contribution in [0.4, 0.5) is 0 Å². The van der Waals surface area contributed by atoms with Crippen LogP contribution in [0.3, 0.4) is 0 Å². The van der Waals surface area contributed by atoms with E-state index in [-0.39, 0.29) is 16.4 Å². The van der Waals surface area contributed by atoms with E-state index in [4.69, 9.17) is 4.18 Å². The molecule has 1 unspecified atom stereocenters. The quantitative estimate of drug-likeness (QED) is 0.797. The summed E-state index contributed by atoms with van der Waals surface area (Å²) in [7, 11) is -3.61. The molecule has 3 rings (SSSR count). The van der Waals surface area contributed by atoms with Crippen LogP contribution < -0.4 is 0 Å². The van der Waals surface area contributed by atoms with Gasteiger partial charge in [-0.05, 0) is 50.2 Å². The molecule has 2 aliphatic rings. The Morgan fingerprint density at radius 1 is 1.11 bits per heavy atom. The van der Waals surface area contributed by atoms with E-state index in [0.717, 1.165) is 37.7 Å². The van der Waals surface area contributed by atoms with Crippen molar-refractivity contribution in [3.63, 3.8) is 0 Å². The summed E-state index contributed by atoms with van der Waals surface area (Å²) in [5.74, 6) is 0. The zero-order valence-electron chi connectivity index (χ0n) is 11.3. The first-order valence-corrected chi connectivity index (χ1v) is 8.43. The van der Waals surface area contributed by atoms with Crippen LogP contribution in [0.15, 0.2) is 29.2 Å². The smallest absolute Gasteiger partial charge is 0.262 e. The van der Waals surface area contributed by atoms with Gasteiger partial charge in [-0.25, -0.2) is 0 Å². The normalized spacial score (nSPS) is 25.4. The SMILES string of the molecule is Cc1ccc(S(=O)(=O)OC2CCCC23CCC3)cc1. The predicted molar refractivity (Wildman–Crippen MR) is 73.4 cm³/mol. The second-order valence-corrected chi connectivity index (χ2v) is 7.53. The van der Waals surface area contributed by atoms with Crippen molar-refractivity contribution in [2.75, 3.05) is 0 Å². The Morgan fingerprint density at radius 3 is 2.32 bits per heavy atom. The third-order valence-corrected chi connectivity index (χ3v) is 6.06. The zero-order valence-corrected chi connectivity index (χ0v) is 12.1. The van der Waals surface area contributed by atoms with Crippen LogP contribution in [0.25, 0.3) is 0 Å². The van der Waals surface area contributed by atoms with Crippen LogP contribution in [0.2, 0.25) is 0 Å². The lowest BCUT2D eigenvalue weighted by Crippen LogP contribution is -2.39. The van der Waals surface area contributed by atoms with Crippen LogP contribution in [-0.4, -0.2) is 14.5 Å². The van der Waals surface area contributed by atoms with E-state index >= 15 is 0 Å². The largest absolute Gasteiger partial charge is 0.297 e. The Hall–Kier alpha value is -0.870. The molecular formula is C15H20O3S. The molecule has 0 amide bonds. The lowest BCUT2D eigenvalue weighted by molar-refractivity contribution is 0.0128. The number of aryl methyl sites for hydroxylation is 1. The van der Waals surface area contributed by atoms with Crippen LogP contribution in [0.5, 0.6) is 0 Å². The molecule has 0 N–H and O–H groups in total. The molecule has 104 valence electrons. The molecule has 3 nitrogen and oxygen atoms in total. The van der Waals surface area contributed by atoms with Crippen molar-refractivity contribution in [3.05, 3.63) is 29.8 Å². The van der Waals surface area contributed by atoms with Gasteiger partial charge in [0.15, 0.2) is 0 Å². The van der Waals surface area contributed by atoms with Gasteiger partial charge in [-0.3, -0.25) is 4.18 Å². The summed E-state index contributed by atoms with van der Waals surface area (Å²) in [5.41, 5.74) is 1.22. The molecule has 19 heavy (non-hydrogen) atoms. The third-order valence-electron chi connectivity index (χ3n) is 4.73. The number of rotatable bonds is 3.